The van der Waals surface area contributed by atoms with Gasteiger partial charge in [-0.05, 0) is 29.4 Å². The first-order valence-electron chi connectivity index (χ1n) is 7.42. The van der Waals surface area contributed by atoms with Gasteiger partial charge in [-0.3, -0.25) is 9.59 Å². The molecule has 2 aliphatic carbocycles. The van der Waals surface area contributed by atoms with Crippen LogP contribution in [-0.2, 0) is 22.7 Å². The van der Waals surface area contributed by atoms with E-state index in [0.29, 0.717) is 13.1 Å². The molecule has 1 saturated carbocycles. The number of aliphatic carboxylic acids is 1. The number of carboxylic acids is 1. The van der Waals surface area contributed by atoms with Gasteiger partial charge in [0.25, 0.3) is 0 Å². The summed E-state index contributed by atoms with van der Waals surface area (Å²) in [5.41, 5.74) is 2.35. The van der Waals surface area contributed by atoms with Gasteiger partial charge in [0.05, 0.1) is 11.8 Å². The largest absolute Gasteiger partial charge is 0.481 e. The summed E-state index contributed by atoms with van der Waals surface area (Å²) < 4.78 is 0. The third kappa shape index (κ3) is 1.82. The smallest absolute Gasteiger partial charge is 0.307 e. The number of hydrogen-bond donors (Lipinski definition) is 1. The molecule has 4 heteroatoms. The molecule has 1 N–H and O–H groups in total. The molecule has 4 atom stereocenters. The molecule has 2 bridgehead atoms. The van der Waals surface area contributed by atoms with Crippen molar-refractivity contribution < 1.29 is 14.7 Å². The molecule has 108 valence electrons. The highest BCUT2D eigenvalue weighted by Crippen LogP contribution is 2.49. The van der Waals surface area contributed by atoms with Crippen molar-refractivity contribution in [2.75, 3.05) is 0 Å². The molecule has 1 aliphatic heterocycles. The lowest BCUT2D eigenvalue weighted by atomic mass is 9.82. The van der Waals surface area contributed by atoms with Crippen molar-refractivity contribution in [2.45, 2.75) is 19.5 Å². The van der Waals surface area contributed by atoms with Crippen molar-refractivity contribution in [3.63, 3.8) is 0 Å². The lowest BCUT2D eigenvalue weighted by molar-refractivity contribution is -0.151. The van der Waals surface area contributed by atoms with Crippen molar-refractivity contribution in [1.82, 2.24) is 4.90 Å². The zero-order valence-electron chi connectivity index (χ0n) is 11.6. The Morgan fingerprint density at radius 2 is 1.57 bits per heavy atom. The Morgan fingerprint density at radius 3 is 2.14 bits per heavy atom. The van der Waals surface area contributed by atoms with Crippen LogP contribution in [0.15, 0.2) is 36.4 Å². The van der Waals surface area contributed by atoms with Crippen LogP contribution in [0, 0.1) is 23.7 Å². The first kappa shape index (κ1) is 12.6. The molecule has 3 aliphatic rings. The normalized spacial score (nSPS) is 32.5. The first-order chi connectivity index (χ1) is 10.1. The molecule has 1 heterocycles. The van der Waals surface area contributed by atoms with Crippen LogP contribution in [0.2, 0.25) is 0 Å². The Balaban J connectivity index is 1.59. The van der Waals surface area contributed by atoms with E-state index >= 15 is 0 Å². The predicted molar refractivity (Wildman–Crippen MR) is 76.0 cm³/mol. The zero-order valence-corrected chi connectivity index (χ0v) is 11.6. The van der Waals surface area contributed by atoms with Gasteiger partial charge < -0.3 is 10.0 Å². The third-order valence-corrected chi connectivity index (χ3v) is 5.18. The second-order valence-corrected chi connectivity index (χ2v) is 6.30. The second kappa shape index (κ2) is 4.45. The summed E-state index contributed by atoms with van der Waals surface area (Å²) in [5.74, 6) is -1.61. The minimum Gasteiger partial charge on any atom is -0.481 e. The number of rotatable bonds is 2. The summed E-state index contributed by atoms with van der Waals surface area (Å²) in [4.78, 5) is 26.2. The highest BCUT2D eigenvalue weighted by molar-refractivity contribution is 5.87. The fourth-order valence-electron chi connectivity index (χ4n) is 4.20. The van der Waals surface area contributed by atoms with Crippen LogP contribution < -0.4 is 0 Å². The standard InChI is InChI=1S/C17H17NO3/c19-16(18-8-12-3-1-2-4-13(12)9-18)14-10-5-6-11(7-10)15(14)17(20)21/h1-6,10-11,14-15H,7-9H2,(H,20,21). The predicted octanol–water partition coefficient (Wildman–Crippen LogP) is 2.05. The molecule has 0 spiro atoms. The minimum absolute atomic E-state index is 0.00968. The van der Waals surface area contributed by atoms with E-state index in [2.05, 4.69) is 0 Å². The monoisotopic (exact) mass is 283 g/mol. The van der Waals surface area contributed by atoms with Crippen LogP contribution in [-0.4, -0.2) is 21.9 Å². The van der Waals surface area contributed by atoms with E-state index in [1.807, 2.05) is 41.3 Å². The molecule has 0 radical (unpaired) electrons. The Bertz CT molecular complexity index is 626. The van der Waals surface area contributed by atoms with E-state index in [0.717, 1.165) is 6.42 Å². The summed E-state index contributed by atoms with van der Waals surface area (Å²) in [6, 6.07) is 8.04. The molecule has 1 aromatic rings. The van der Waals surface area contributed by atoms with E-state index in [-0.39, 0.29) is 23.7 Å². The van der Waals surface area contributed by atoms with E-state index < -0.39 is 11.9 Å². The van der Waals surface area contributed by atoms with Crippen LogP contribution in [0.1, 0.15) is 17.5 Å². The van der Waals surface area contributed by atoms with Crippen molar-refractivity contribution >= 4 is 11.9 Å². The molecule has 1 amide bonds. The highest BCUT2D eigenvalue weighted by atomic mass is 16.4. The maximum absolute atomic E-state index is 12.8. The van der Waals surface area contributed by atoms with Gasteiger partial charge >= 0.3 is 5.97 Å². The topological polar surface area (TPSA) is 57.6 Å². The number of amides is 1. The number of hydrogen-bond acceptors (Lipinski definition) is 2. The van der Waals surface area contributed by atoms with E-state index in [1.165, 1.54) is 11.1 Å². The summed E-state index contributed by atoms with van der Waals surface area (Å²) in [7, 11) is 0. The summed E-state index contributed by atoms with van der Waals surface area (Å²) >= 11 is 0. The Morgan fingerprint density at radius 1 is 1.00 bits per heavy atom. The van der Waals surface area contributed by atoms with Gasteiger partial charge in [0.2, 0.25) is 5.91 Å². The lowest BCUT2D eigenvalue weighted by Gasteiger charge is -2.28. The quantitative estimate of drug-likeness (QED) is 0.845. The van der Waals surface area contributed by atoms with Crippen molar-refractivity contribution in [3.05, 3.63) is 47.5 Å². The Kier molecular flexibility index (Phi) is 2.67. The average Bonchev–Trinajstić information content (AvgIpc) is 3.18. The van der Waals surface area contributed by atoms with Gasteiger partial charge in [-0.25, -0.2) is 0 Å². The Labute approximate surface area is 123 Å². The molecule has 4 nitrogen and oxygen atoms in total. The van der Waals surface area contributed by atoms with E-state index in [4.69, 9.17) is 0 Å². The highest BCUT2D eigenvalue weighted by Gasteiger charge is 2.52. The number of fused-ring (bicyclic) bond motifs is 3. The van der Waals surface area contributed by atoms with Crippen LogP contribution >= 0.6 is 0 Å². The lowest BCUT2D eigenvalue weighted by Crippen LogP contribution is -2.40. The van der Waals surface area contributed by atoms with E-state index in [9.17, 15) is 14.7 Å². The number of allylic oxidation sites excluding steroid dienone is 2. The molecule has 21 heavy (non-hydrogen) atoms. The number of carbonyl (C=O) groups excluding carboxylic acids is 1. The SMILES string of the molecule is O=C(O)C1C2C=CC(C2)C1C(=O)N1Cc2ccccc2C1. The molecule has 0 aromatic heterocycles. The zero-order chi connectivity index (χ0) is 14.6. The summed E-state index contributed by atoms with van der Waals surface area (Å²) in [6.07, 6.45) is 4.83. The fraction of sp³-hybridized carbons (Fsp3) is 0.412. The molecule has 4 rings (SSSR count). The number of benzene rings is 1. The van der Waals surface area contributed by atoms with Crippen LogP contribution in [0.4, 0.5) is 0 Å². The van der Waals surface area contributed by atoms with Crippen molar-refractivity contribution in [3.8, 4) is 0 Å². The Hall–Kier alpha value is -2.10. The van der Waals surface area contributed by atoms with Crippen LogP contribution in [0.3, 0.4) is 0 Å². The van der Waals surface area contributed by atoms with Crippen molar-refractivity contribution in [2.24, 2.45) is 23.7 Å². The van der Waals surface area contributed by atoms with Gasteiger partial charge in [0, 0.05) is 13.1 Å². The molecule has 1 fully saturated rings. The first-order valence-corrected chi connectivity index (χ1v) is 7.42. The molecular weight excluding hydrogens is 266 g/mol. The summed E-state index contributed by atoms with van der Waals surface area (Å²) in [5, 5.41) is 9.47. The molecule has 0 saturated heterocycles. The second-order valence-electron chi connectivity index (χ2n) is 6.30. The van der Waals surface area contributed by atoms with Gasteiger partial charge in [-0.15, -0.1) is 0 Å². The average molecular weight is 283 g/mol. The van der Waals surface area contributed by atoms with Gasteiger partial charge in [0.1, 0.15) is 0 Å². The van der Waals surface area contributed by atoms with Crippen molar-refractivity contribution in [1.29, 1.82) is 0 Å². The van der Waals surface area contributed by atoms with Crippen LogP contribution in [0.5, 0.6) is 0 Å². The number of carbonyl (C=O) groups is 2. The van der Waals surface area contributed by atoms with Gasteiger partial charge in [0.15, 0.2) is 0 Å². The van der Waals surface area contributed by atoms with Crippen LogP contribution in [0.25, 0.3) is 0 Å². The number of nitrogens with zero attached hydrogens (tertiary/aromatic N) is 1. The summed E-state index contributed by atoms with van der Waals surface area (Å²) in [6.45, 7) is 1.22. The van der Waals surface area contributed by atoms with Gasteiger partial charge in [-0.2, -0.15) is 0 Å². The molecular formula is C17H17NO3. The maximum atomic E-state index is 12.8. The maximum Gasteiger partial charge on any atom is 0.307 e. The minimum atomic E-state index is -0.832. The third-order valence-electron chi connectivity index (χ3n) is 5.18. The molecule has 1 aromatic carbocycles. The van der Waals surface area contributed by atoms with E-state index in [1.54, 1.807) is 0 Å². The molecule has 4 unspecified atom stereocenters. The van der Waals surface area contributed by atoms with Gasteiger partial charge in [-0.1, -0.05) is 36.4 Å². The fourth-order valence-corrected chi connectivity index (χ4v) is 4.20. The number of carboxylic acid groups (broad SMARTS) is 1.